The van der Waals surface area contributed by atoms with E-state index in [2.05, 4.69) is 54.6 Å². The van der Waals surface area contributed by atoms with Gasteiger partial charge in [0.25, 0.3) is 0 Å². The van der Waals surface area contributed by atoms with E-state index in [-0.39, 0.29) is 6.04 Å². The van der Waals surface area contributed by atoms with Gasteiger partial charge in [-0.05, 0) is 29.5 Å². The lowest BCUT2D eigenvalue weighted by molar-refractivity contribution is 0.570. The molecule has 0 heterocycles. The largest absolute Gasteiger partial charge is 0.327 e. The number of nitrogens with two attached hydrogens (primary N) is 1. The topological polar surface area (TPSA) is 26.0 Å². The Balaban J connectivity index is 1.89. The number of hydrogen-bond donors (Lipinski definition) is 1. The van der Waals surface area contributed by atoms with Crippen LogP contribution < -0.4 is 5.73 Å². The van der Waals surface area contributed by atoms with Crippen LogP contribution in [0.25, 0.3) is 0 Å². The smallest absolute Gasteiger partial charge is 0.0152 e. The Morgan fingerprint density at radius 1 is 0.941 bits per heavy atom. The van der Waals surface area contributed by atoms with Gasteiger partial charge in [-0.1, -0.05) is 54.6 Å². The average molecular weight is 223 g/mol. The zero-order valence-electron chi connectivity index (χ0n) is 9.84. The maximum Gasteiger partial charge on any atom is 0.0152 e. The predicted octanol–water partition coefficient (Wildman–Crippen LogP) is 2.90. The highest BCUT2D eigenvalue weighted by Gasteiger charge is 2.29. The third-order valence-electron chi connectivity index (χ3n) is 3.73. The average Bonchev–Trinajstić information content (AvgIpc) is 2.68. The zero-order chi connectivity index (χ0) is 11.7. The molecule has 0 fully saturated rings. The molecule has 0 aromatic heterocycles. The van der Waals surface area contributed by atoms with E-state index in [0.717, 1.165) is 12.8 Å². The van der Waals surface area contributed by atoms with Gasteiger partial charge < -0.3 is 5.73 Å². The van der Waals surface area contributed by atoms with Crippen molar-refractivity contribution in [1.82, 2.24) is 0 Å². The summed E-state index contributed by atoms with van der Waals surface area (Å²) < 4.78 is 0. The Bertz CT molecular complexity index is 504. The molecule has 2 unspecified atom stereocenters. The second-order valence-electron chi connectivity index (χ2n) is 4.86. The fraction of sp³-hybridized carbons (Fsp3) is 0.250. The van der Waals surface area contributed by atoms with Crippen LogP contribution in [0.3, 0.4) is 0 Å². The second-order valence-corrected chi connectivity index (χ2v) is 4.86. The molecule has 2 aromatic carbocycles. The van der Waals surface area contributed by atoms with E-state index in [1.54, 1.807) is 0 Å². The van der Waals surface area contributed by atoms with Crippen molar-refractivity contribution in [2.45, 2.75) is 24.8 Å². The molecule has 17 heavy (non-hydrogen) atoms. The van der Waals surface area contributed by atoms with E-state index in [1.807, 2.05) is 0 Å². The van der Waals surface area contributed by atoms with Gasteiger partial charge in [0.05, 0.1) is 0 Å². The van der Waals surface area contributed by atoms with E-state index in [0.29, 0.717) is 5.92 Å². The fourth-order valence-corrected chi connectivity index (χ4v) is 2.84. The summed E-state index contributed by atoms with van der Waals surface area (Å²) in [5.41, 5.74) is 10.5. The second kappa shape index (κ2) is 4.34. The standard InChI is InChI=1S/C16H17N/c17-16-11-13-8-4-5-9-14(13)15(16)10-12-6-2-1-3-7-12/h1-9,15-16H,10-11,17H2. The number of hydrogen-bond acceptors (Lipinski definition) is 1. The Morgan fingerprint density at radius 3 is 2.47 bits per heavy atom. The minimum absolute atomic E-state index is 0.271. The molecule has 0 bridgehead atoms. The van der Waals surface area contributed by atoms with Crippen LogP contribution in [-0.4, -0.2) is 6.04 Å². The molecular formula is C16H17N. The third kappa shape index (κ3) is 1.98. The SMILES string of the molecule is NC1Cc2ccccc2C1Cc1ccccc1. The van der Waals surface area contributed by atoms with Gasteiger partial charge in [0.15, 0.2) is 0 Å². The summed E-state index contributed by atoms with van der Waals surface area (Å²) in [6.45, 7) is 0. The highest BCUT2D eigenvalue weighted by Crippen LogP contribution is 2.34. The Hall–Kier alpha value is -1.60. The van der Waals surface area contributed by atoms with Crippen LogP contribution in [0, 0.1) is 0 Å². The van der Waals surface area contributed by atoms with Gasteiger partial charge in [-0.25, -0.2) is 0 Å². The Labute approximate surface area is 102 Å². The summed E-state index contributed by atoms with van der Waals surface area (Å²) in [5, 5.41) is 0. The first-order valence-electron chi connectivity index (χ1n) is 6.22. The van der Waals surface area contributed by atoms with Crippen LogP contribution in [-0.2, 0) is 12.8 Å². The monoisotopic (exact) mass is 223 g/mol. The van der Waals surface area contributed by atoms with Crippen LogP contribution in [0.15, 0.2) is 54.6 Å². The van der Waals surface area contributed by atoms with Crippen molar-refractivity contribution in [3.05, 3.63) is 71.3 Å². The summed E-state index contributed by atoms with van der Waals surface area (Å²) >= 11 is 0. The van der Waals surface area contributed by atoms with E-state index < -0.39 is 0 Å². The molecule has 0 radical (unpaired) electrons. The minimum atomic E-state index is 0.271. The van der Waals surface area contributed by atoms with Gasteiger partial charge in [-0.2, -0.15) is 0 Å². The van der Waals surface area contributed by atoms with Crippen LogP contribution in [0.2, 0.25) is 0 Å². The quantitative estimate of drug-likeness (QED) is 0.832. The molecule has 1 nitrogen and oxygen atoms in total. The van der Waals surface area contributed by atoms with Crippen LogP contribution >= 0.6 is 0 Å². The first-order chi connectivity index (χ1) is 8.34. The van der Waals surface area contributed by atoms with Crippen LogP contribution in [0.4, 0.5) is 0 Å². The Kier molecular flexibility index (Phi) is 2.69. The van der Waals surface area contributed by atoms with Gasteiger partial charge >= 0.3 is 0 Å². The number of fused-ring (bicyclic) bond motifs is 1. The van der Waals surface area contributed by atoms with Gasteiger partial charge in [0.2, 0.25) is 0 Å². The summed E-state index contributed by atoms with van der Waals surface area (Å²) in [6, 6.07) is 19.6. The van der Waals surface area contributed by atoms with Gasteiger partial charge in [-0.3, -0.25) is 0 Å². The van der Waals surface area contributed by atoms with Gasteiger partial charge in [0, 0.05) is 12.0 Å². The molecule has 3 rings (SSSR count). The van der Waals surface area contributed by atoms with Crippen molar-refractivity contribution in [1.29, 1.82) is 0 Å². The molecule has 86 valence electrons. The fourth-order valence-electron chi connectivity index (χ4n) is 2.84. The molecule has 0 aliphatic heterocycles. The van der Waals surface area contributed by atoms with Crippen LogP contribution in [0.1, 0.15) is 22.6 Å². The summed E-state index contributed by atoms with van der Waals surface area (Å²) in [6.07, 6.45) is 2.08. The highest BCUT2D eigenvalue weighted by molar-refractivity contribution is 5.38. The van der Waals surface area contributed by atoms with E-state index in [9.17, 15) is 0 Å². The van der Waals surface area contributed by atoms with Gasteiger partial charge in [-0.15, -0.1) is 0 Å². The first-order valence-corrected chi connectivity index (χ1v) is 6.22. The lowest BCUT2D eigenvalue weighted by Crippen LogP contribution is -2.26. The molecule has 1 aliphatic carbocycles. The molecule has 1 aliphatic rings. The maximum absolute atomic E-state index is 6.28. The van der Waals surface area contributed by atoms with E-state index in [4.69, 9.17) is 5.73 Å². The van der Waals surface area contributed by atoms with Crippen molar-refractivity contribution in [3.8, 4) is 0 Å². The number of benzene rings is 2. The Morgan fingerprint density at radius 2 is 1.65 bits per heavy atom. The first kappa shape index (κ1) is 10.5. The lowest BCUT2D eigenvalue weighted by atomic mass is 9.91. The molecular weight excluding hydrogens is 206 g/mol. The molecule has 2 aromatic rings. The number of rotatable bonds is 2. The maximum atomic E-state index is 6.28. The minimum Gasteiger partial charge on any atom is -0.327 e. The molecule has 0 saturated carbocycles. The zero-order valence-corrected chi connectivity index (χ0v) is 9.84. The van der Waals surface area contributed by atoms with Crippen molar-refractivity contribution in [2.24, 2.45) is 5.73 Å². The van der Waals surface area contributed by atoms with E-state index >= 15 is 0 Å². The van der Waals surface area contributed by atoms with Crippen molar-refractivity contribution >= 4 is 0 Å². The van der Waals surface area contributed by atoms with Crippen molar-refractivity contribution in [2.75, 3.05) is 0 Å². The molecule has 2 atom stereocenters. The molecule has 1 heteroatoms. The third-order valence-corrected chi connectivity index (χ3v) is 3.73. The van der Waals surface area contributed by atoms with Crippen molar-refractivity contribution < 1.29 is 0 Å². The summed E-state index contributed by atoms with van der Waals surface area (Å²) in [4.78, 5) is 0. The van der Waals surface area contributed by atoms with E-state index in [1.165, 1.54) is 16.7 Å². The highest BCUT2D eigenvalue weighted by atomic mass is 14.7. The molecule has 0 amide bonds. The summed E-state index contributed by atoms with van der Waals surface area (Å²) in [5.74, 6) is 0.480. The van der Waals surface area contributed by atoms with Crippen LogP contribution in [0.5, 0.6) is 0 Å². The normalized spacial score (nSPS) is 22.4. The van der Waals surface area contributed by atoms with Crippen molar-refractivity contribution in [3.63, 3.8) is 0 Å². The lowest BCUT2D eigenvalue weighted by Gasteiger charge is -2.16. The molecule has 0 spiro atoms. The van der Waals surface area contributed by atoms with Gasteiger partial charge in [0.1, 0.15) is 0 Å². The molecule has 2 N–H and O–H groups in total. The molecule has 0 saturated heterocycles. The summed E-state index contributed by atoms with van der Waals surface area (Å²) in [7, 11) is 0. The predicted molar refractivity (Wildman–Crippen MR) is 71.0 cm³/mol.